The maximum Gasteiger partial charge on any atom is 0.0424 e. The number of benzene rings is 1. The molecule has 1 aromatic rings. The monoisotopic (exact) mass is 199 g/mol. The molecule has 1 unspecified atom stereocenters. The normalized spacial score (nSPS) is 21.0. The van der Waals surface area contributed by atoms with Gasteiger partial charge in [0.25, 0.3) is 0 Å². The molecule has 1 aliphatic heterocycles. The SMILES string of the molecule is CNC1CSc2cc(Cl)ccc21. The van der Waals surface area contributed by atoms with E-state index in [2.05, 4.69) is 11.4 Å². The van der Waals surface area contributed by atoms with E-state index in [1.807, 2.05) is 30.9 Å². The van der Waals surface area contributed by atoms with Gasteiger partial charge < -0.3 is 5.32 Å². The second kappa shape index (κ2) is 3.29. The first-order chi connectivity index (χ1) is 5.81. The van der Waals surface area contributed by atoms with Crippen LogP contribution >= 0.6 is 23.4 Å². The molecule has 0 amide bonds. The van der Waals surface area contributed by atoms with Gasteiger partial charge in [0.05, 0.1) is 0 Å². The van der Waals surface area contributed by atoms with E-state index >= 15 is 0 Å². The van der Waals surface area contributed by atoms with Crippen LogP contribution in [-0.4, -0.2) is 12.8 Å². The number of halogens is 1. The summed E-state index contributed by atoms with van der Waals surface area (Å²) in [6, 6.07) is 6.61. The average Bonchev–Trinajstić information content (AvgIpc) is 2.46. The Morgan fingerprint density at radius 3 is 3.17 bits per heavy atom. The summed E-state index contributed by atoms with van der Waals surface area (Å²) in [6.07, 6.45) is 0. The van der Waals surface area contributed by atoms with Crippen molar-refractivity contribution in [2.75, 3.05) is 12.8 Å². The summed E-state index contributed by atoms with van der Waals surface area (Å²) in [5.74, 6) is 1.12. The van der Waals surface area contributed by atoms with Crippen LogP contribution in [0.15, 0.2) is 23.1 Å². The third kappa shape index (κ3) is 1.35. The predicted molar refractivity (Wildman–Crippen MR) is 54.0 cm³/mol. The Kier molecular flexibility index (Phi) is 2.31. The van der Waals surface area contributed by atoms with Crippen molar-refractivity contribution in [1.82, 2.24) is 5.32 Å². The Morgan fingerprint density at radius 2 is 2.42 bits per heavy atom. The molecule has 1 heterocycles. The third-order valence-corrected chi connectivity index (χ3v) is 3.50. The summed E-state index contributed by atoms with van der Waals surface area (Å²) in [4.78, 5) is 1.32. The third-order valence-electron chi connectivity index (χ3n) is 2.10. The maximum absolute atomic E-state index is 5.88. The molecule has 0 spiro atoms. The van der Waals surface area contributed by atoms with Crippen LogP contribution in [0.5, 0.6) is 0 Å². The zero-order valence-electron chi connectivity index (χ0n) is 6.80. The Labute approximate surface area is 81.5 Å². The highest BCUT2D eigenvalue weighted by atomic mass is 35.5. The molecule has 64 valence electrons. The molecule has 0 bridgehead atoms. The zero-order valence-corrected chi connectivity index (χ0v) is 8.38. The quantitative estimate of drug-likeness (QED) is 0.747. The second-order valence-corrected chi connectivity index (χ2v) is 4.33. The minimum atomic E-state index is 0.502. The largest absolute Gasteiger partial charge is 0.312 e. The lowest BCUT2D eigenvalue weighted by Gasteiger charge is -2.07. The lowest BCUT2D eigenvalue weighted by atomic mass is 10.1. The van der Waals surface area contributed by atoms with E-state index in [1.165, 1.54) is 10.5 Å². The first-order valence-electron chi connectivity index (χ1n) is 3.91. The van der Waals surface area contributed by atoms with Gasteiger partial charge in [-0.1, -0.05) is 17.7 Å². The van der Waals surface area contributed by atoms with Gasteiger partial charge in [0.1, 0.15) is 0 Å². The van der Waals surface area contributed by atoms with Gasteiger partial charge in [-0.2, -0.15) is 0 Å². The van der Waals surface area contributed by atoms with E-state index in [0.29, 0.717) is 6.04 Å². The van der Waals surface area contributed by atoms with E-state index in [1.54, 1.807) is 0 Å². The van der Waals surface area contributed by atoms with Crippen molar-refractivity contribution in [3.63, 3.8) is 0 Å². The molecular weight excluding hydrogens is 190 g/mol. The fourth-order valence-corrected chi connectivity index (χ4v) is 2.94. The topological polar surface area (TPSA) is 12.0 Å². The summed E-state index contributed by atoms with van der Waals surface area (Å²) in [7, 11) is 1.99. The van der Waals surface area contributed by atoms with Gasteiger partial charge in [-0.25, -0.2) is 0 Å². The van der Waals surface area contributed by atoms with Gasteiger partial charge in [-0.3, -0.25) is 0 Å². The summed E-state index contributed by atoms with van der Waals surface area (Å²) in [5, 5.41) is 4.11. The number of hydrogen-bond donors (Lipinski definition) is 1. The van der Waals surface area contributed by atoms with Crippen molar-refractivity contribution in [1.29, 1.82) is 0 Å². The molecule has 0 fully saturated rings. The molecule has 0 aliphatic carbocycles. The van der Waals surface area contributed by atoms with E-state index in [4.69, 9.17) is 11.6 Å². The van der Waals surface area contributed by atoms with Gasteiger partial charge in [0.2, 0.25) is 0 Å². The van der Waals surface area contributed by atoms with Crippen LogP contribution in [0, 0.1) is 0 Å². The highest BCUT2D eigenvalue weighted by molar-refractivity contribution is 7.99. The molecule has 3 heteroatoms. The predicted octanol–water partition coefficient (Wildman–Crippen LogP) is 2.71. The fourth-order valence-electron chi connectivity index (χ4n) is 1.42. The highest BCUT2D eigenvalue weighted by Gasteiger charge is 2.21. The summed E-state index contributed by atoms with van der Waals surface area (Å²) < 4.78 is 0. The number of fused-ring (bicyclic) bond motifs is 1. The van der Waals surface area contributed by atoms with Gasteiger partial charge in [-0.15, -0.1) is 11.8 Å². The van der Waals surface area contributed by atoms with E-state index in [-0.39, 0.29) is 0 Å². The molecule has 2 rings (SSSR count). The molecule has 1 N–H and O–H groups in total. The molecule has 0 saturated heterocycles. The van der Waals surface area contributed by atoms with Crippen LogP contribution in [0.1, 0.15) is 11.6 Å². The minimum Gasteiger partial charge on any atom is -0.312 e. The van der Waals surface area contributed by atoms with Crippen molar-refractivity contribution < 1.29 is 0 Å². The highest BCUT2D eigenvalue weighted by Crippen LogP contribution is 2.38. The van der Waals surface area contributed by atoms with Crippen LogP contribution in [0.25, 0.3) is 0 Å². The van der Waals surface area contributed by atoms with Crippen molar-refractivity contribution >= 4 is 23.4 Å². The number of nitrogens with one attached hydrogen (secondary N) is 1. The first-order valence-corrected chi connectivity index (χ1v) is 5.27. The molecule has 0 saturated carbocycles. The van der Waals surface area contributed by atoms with Gasteiger partial charge in [-0.05, 0) is 24.7 Å². The molecular formula is C9H10ClNS. The maximum atomic E-state index is 5.88. The van der Waals surface area contributed by atoms with Gasteiger partial charge >= 0.3 is 0 Å². The van der Waals surface area contributed by atoms with E-state index in [9.17, 15) is 0 Å². The summed E-state index contributed by atoms with van der Waals surface area (Å²) in [6.45, 7) is 0. The van der Waals surface area contributed by atoms with E-state index < -0.39 is 0 Å². The zero-order chi connectivity index (χ0) is 8.55. The van der Waals surface area contributed by atoms with Crippen molar-refractivity contribution in [2.24, 2.45) is 0 Å². The van der Waals surface area contributed by atoms with Crippen LogP contribution in [0.3, 0.4) is 0 Å². The minimum absolute atomic E-state index is 0.502. The summed E-state index contributed by atoms with van der Waals surface area (Å²) in [5.41, 5.74) is 1.38. The Balaban J connectivity index is 2.40. The molecule has 12 heavy (non-hydrogen) atoms. The van der Waals surface area contributed by atoms with Gasteiger partial charge in [0.15, 0.2) is 0 Å². The Morgan fingerprint density at radius 1 is 1.58 bits per heavy atom. The lowest BCUT2D eigenvalue weighted by molar-refractivity contribution is 0.664. The van der Waals surface area contributed by atoms with Crippen LogP contribution in [0.2, 0.25) is 5.02 Å². The molecule has 1 nitrogen and oxygen atoms in total. The average molecular weight is 200 g/mol. The van der Waals surface area contributed by atoms with Crippen molar-refractivity contribution in [3.8, 4) is 0 Å². The van der Waals surface area contributed by atoms with Crippen molar-refractivity contribution in [3.05, 3.63) is 28.8 Å². The second-order valence-electron chi connectivity index (χ2n) is 2.83. The van der Waals surface area contributed by atoms with E-state index in [0.717, 1.165) is 10.8 Å². The Hall–Kier alpha value is -0.180. The molecule has 0 radical (unpaired) electrons. The van der Waals surface area contributed by atoms with Gasteiger partial charge in [0, 0.05) is 21.7 Å². The molecule has 1 aromatic carbocycles. The molecule has 1 aliphatic rings. The first kappa shape index (κ1) is 8.42. The van der Waals surface area contributed by atoms with Crippen LogP contribution in [-0.2, 0) is 0 Å². The fraction of sp³-hybridized carbons (Fsp3) is 0.333. The standard InChI is InChI=1S/C9H10ClNS/c1-11-8-5-12-9-4-6(10)2-3-7(8)9/h2-4,8,11H,5H2,1H3. The number of thioether (sulfide) groups is 1. The lowest BCUT2D eigenvalue weighted by Crippen LogP contribution is -2.15. The number of hydrogen-bond acceptors (Lipinski definition) is 2. The Bertz CT molecular complexity index is 301. The van der Waals surface area contributed by atoms with Crippen LogP contribution < -0.4 is 5.32 Å². The smallest absolute Gasteiger partial charge is 0.0424 e. The van der Waals surface area contributed by atoms with Crippen molar-refractivity contribution in [2.45, 2.75) is 10.9 Å². The number of rotatable bonds is 1. The van der Waals surface area contributed by atoms with Crippen LogP contribution in [0.4, 0.5) is 0 Å². The molecule has 1 atom stereocenters. The molecule has 0 aromatic heterocycles. The summed E-state index contributed by atoms with van der Waals surface area (Å²) >= 11 is 7.75.